The normalized spacial score (nSPS) is 10.6. The minimum Gasteiger partial charge on any atom is -0.465 e. The fraction of sp³-hybridized carbons (Fsp3) is 0.143. The average Bonchev–Trinajstić information content (AvgIpc) is 2.19. The smallest absolute Gasteiger partial charge is 0.126 e. The summed E-state index contributed by atoms with van der Waals surface area (Å²) < 4.78 is 4.99. The van der Waals surface area contributed by atoms with Crippen LogP contribution in [0.3, 0.4) is 0 Å². The quantitative estimate of drug-likeness (QED) is 0.538. The lowest BCUT2D eigenvalue weighted by Crippen LogP contribution is -1.54. The molecule has 0 unspecified atom stereocenters. The third-order valence-electron chi connectivity index (χ3n) is 0.874. The summed E-state index contributed by atoms with van der Waals surface area (Å²) in [6.45, 7) is 1.96. The van der Waals surface area contributed by atoms with Crippen LogP contribution < -0.4 is 0 Å². The molecule has 0 aliphatic rings. The molecule has 1 heteroatoms. The van der Waals surface area contributed by atoms with E-state index in [1.165, 1.54) is 0 Å². The number of furan rings is 1. The number of hydrogen-bond acceptors (Lipinski definition) is 1. The summed E-state index contributed by atoms with van der Waals surface area (Å²) in [5.41, 5.74) is 0. The molecule has 0 aliphatic carbocycles. The molecular weight excluding hydrogens is 100 g/mol. The maximum absolute atomic E-state index is 4.99. The van der Waals surface area contributed by atoms with Gasteiger partial charge in [-0.3, -0.25) is 0 Å². The Hall–Kier alpha value is -0.980. The predicted molar refractivity (Wildman–Crippen MR) is 33.4 cm³/mol. The Morgan fingerprint density at radius 3 is 3.00 bits per heavy atom. The van der Waals surface area contributed by atoms with Gasteiger partial charge in [-0.15, -0.1) is 0 Å². The molecule has 0 spiro atoms. The van der Waals surface area contributed by atoms with Crippen LogP contribution in [-0.4, -0.2) is 0 Å². The minimum atomic E-state index is 0.910. The van der Waals surface area contributed by atoms with Gasteiger partial charge in [0.25, 0.3) is 0 Å². The zero-order valence-electron chi connectivity index (χ0n) is 4.79. The minimum absolute atomic E-state index is 0.910. The fourth-order valence-electron chi connectivity index (χ4n) is 0.550. The molecule has 1 aromatic heterocycles. The van der Waals surface area contributed by atoms with Gasteiger partial charge in [-0.1, -0.05) is 6.08 Å². The summed E-state index contributed by atoms with van der Waals surface area (Å²) >= 11 is 0. The van der Waals surface area contributed by atoms with Crippen LogP contribution in [0.4, 0.5) is 0 Å². The van der Waals surface area contributed by atoms with Crippen molar-refractivity contribution < 1.29 is 4.42 Å². The second kappa shape index (κ2) is 2.36. The van der Waals surface area contributed by atoms with E-state index in [1.807, 2.05) is 31.2 Å². The van der Waals surface area contributed by atoms with Crippen LogP contribution in [0.15, 0.2) is 28.9 Å². The molecule has 0 fully saturated rings. The van der Waals surface area contributed by atoms with Crippen LogP contribution in [0.5, 0.6) is 0 Å². The summed E-state index contributed by atoms with van der Waals surface area (Å²) in [5.74, 6) is 0.910. The van der Waals surface area contributed by atoms with Crippen molar-refractivity contribution in [2.24, 2.45) is 0 Å². The molecule has 0 amide bonds. The lowest BCUT2D eigenvalue weighted by atomic mass is 10.4. The van der Waals surface area contributed by atoms with Crippen molar-refractivity contribution in [3.05, 3.63) is 30.2 Å². The van der Waals surface area contributed by atoms with Gasteiger partial charge in [0.15, 0.2) is 0 Å². The largest absolute Gasteiger partial charge is 0.465 e. The van der Waals surface area contributed by atoms with Gasteiger partial charge in [-0.05, 0) is 25.1 Å². The Labute approximate surface area is 48.6 Å². The van der Waals surface area contributed by atoms with Gasteiger partial charge in [0, 0.05) is 0 Å². The number of rotatable bonds is 1. The molecule has 0 aromatic carbocycles. The third kappa shape index (κ3) is 0.997. The highest BCUT2D eigenvalue weighted by atomic mass is 16.3. The molecule has 1 rings (SSSR count). The van der Waals surface area contributed by atoms with Crippen LogP contribution in [0.1, 0.15) is 12.7 Å². The van der Waals surface area contributed by atoms with Gasteiger partial charge in [0.2, 0.25) is 0 Å². The first-order valence-electron chi connectivity index (χ1n) is 2.59. The maximum atomic E-state index is 4.99. The van der Waals surface area contributed by atoms with E-state index in [4.69, 9.17) is 4.42 Å². The molecule has 0 saturated carbocycles. The molecule has 8 heavy (non-hydrogen) atoms. The van der Waals surface area contributed by atoms with Gasteiger partial charge in [0.1, 0.15) is 5.76 Å². The lowest BCUT2D eigenvalue weighted by molar-refractivity contribution is 0.557. The molecule has 1 aromatic rings. The Morgan fingerprint density at radius 2 is 2.50 bits per heavy atom. The van der Waals surface area contributed by atoms with Crippen LogP contribution in [0.25, 0.3) is 6.08 Å². The van der Waals surface area contributed by atoms with Gasteiger partial charge >= 0.3 is 0 Å². The van der Waals surface area contributed by atoms with E-state index >= 15 is 0 Å². The summed E-state index contributed by atoms with van der Waals surface area (Å²) in [6.07, 6.45) is 5.52. The Kier molecular flexibility index (Phi) is 1.52. The van der Waals surface area contributed by atoms with Crippen molar-refractivity contribution in [2.45, 2.75) is 6.92 Å². The van der Waals surface area contributed by atoms with Crippen LogP contribution in [0.2, 0.25) is 0 Å². The van der Waals surface area contributed by atoms with E-state index in [1.54, 1.807) is 6.26 Å². The molecule has 1 nitrogen and oxygen atoms in total. The first-order valence-corrected chi connectivity index (χ1v) is 2.59. The van der Waals surface area contributed by atoms with E-state index in [9.17, 15) is 0 Å². The van der Waals surface area contributed by atoms with E-state index in [2.05, 4.69) is 0 Å². The molecule has 1 heterocycles. The van der Waals surface area contributed by atoms with Crippen molar-refractivity contribution in [2.75, 3.05) is 0 Å². The van der Waals surface area contributed by atoms with E-state index in [-0.39, 0.29) is 0 Å². The molecule has 0 radical (unpaired) electrons. The monoisotopic (exact) mass is 108 g/mol. The first kappa shape index (κ1) is 5.16. The molecule has 0 aliphatic heterocycles. The average molecular weight is 108 g/mol. The first-order chi connectivity index (χ1) is 3.93. The SMILES string of the molecule is C/C=C/c1ccco1. The summed E-state index contributed by atoms with van der Waals surface area (Å²) in [6, 6.07) is 3.79. The Bertz CT molecular complexity index is 161. The van der Waals surface area contributed by atoms with Crippen LogP contribution in [0, 0.1) is 0 Å². The van der Waals surface area contributed by atoms with Gasteiger partial charge in [-0.2, -0.15) is 0 Å². The molecule has 0 bridgehead atoms. The summed E-state index contributed by atoms with van der Waals surface area (Å²) in [4.78, 5) is 0. The molecule has 0 N–H and O–H groups in total. The standard InChI is InChI=1S/C7H8O/c1-2-4-7-5-3-6-8-7/h2-6H,1H3/b4-2+. The van der Waals surface area contributed by atoms with Crippen molar-refractivity contribution in [3.8, 4) is 0 Å². The topological polar surface area (TPSA) is 13.1 Å². The Balaban J connectivity index is 2.77. The van der Waals surface area contributed by atoms with Crippen LogP contribution >= 0.6 is 0 Å². The molecule has 42 valence electrons. The lowest BCUT2D eigenvalue weighted by Gasteiger charge is -1.76. The van der Waals surface area contributed by atoms with Gasteiger partial charge < -0.3 is 4.42 Å². The molecular formula is C7H8O. The molecule has 0 saturated heterocycles. The highest BCUT2D eigenvalue weighted by molar-refractivity contribution is 5.41. The van der Waals surface area contributed by atoms with Crippen molar-refractivity contribution >= 4 is 6.08 Å². The highest BCUT2D eigenvalue weighted by Crippen LogP contribution is 2.00. The fourth-order valence-corrected chi connectivity index (χ4v) is 0.550. The van der Waals surface area contributed by atoms with Crippen molar-refractivity contribution in [1.29, 1.82) is 0 Å². The van der Waals surface area contributed by atoms with Crippen LogP contribution in [-0.2, 0) is 0 Å². The van der Waals surface area contributed by atoms with E-state index in [0.717, 1.165) is 5.76 Å². The highest BCUT2D eigenvalue weighted by Gasteiger charge is 1.81. The maximum Gasteiger partial charge on any atom is 0.126 e. The third-order valence-corrected chi connectivity index (χ3v) is 0.874. The summed E-state index contributed by atoms with van der Waals surface area (Å²) in [5, 5.41) is 0. The van der Waals surface area contributed by atoms with Gasteiger partial charge in [0.05, 0.1) is 6.26 Å². The van der Waals surface area contributed by atoms with E-state index in [0.29, 0.717) is 0 Å². The zero-order chi connectivity index (χ0) is 5.82. The molecule has 0 atom stereocenters. The predicted octanol–water partition coefficient (Wildman–Crippen LogP) is 2.31. The van der Waals surface area contributed by atoms with Crippen molar-refractivity contribution in [3.63, 3.8) is 0 Å². The zero-order valence-corrected chi connectivity index (χ0v) is 4.79. The van der Waals surface area contributed by atoms with E-state index < -0.39 is 0 Å². The van der Waals surface area contributed by atoms with Gasteiger partial charge in [-0.25, -0.2) is 0 Å². The Morgan fingerprint density at radius 1 is 1.62 bits per heavy atom. The van der Waals surface area contributed by atoms with Crippen molar-refractivity contribution in [1.82, 2.24) is 0 Å². The number of allylic oxidation sites excluding steroid dienone is 1. The second-order valence-corrected chi connectivity index (χ2v) is 1.52. The summed E-state index contributed by atoms with van der Waals surface area (Å²) in [7, 11) is 0. The second-order valence-electron chi connectivity index (χ2n) is 1.52. The number of hydrogen-bond donors (Lipinski definition) is 0.